The molecule has 4 aliphatic heterocycles. The molecule has 0 bridgehead atoms. The van der Waals surface area contributed by atoms with Crippen molar-refractivity contribution in [3.05, 3.63) is 263 Å². The van der Waals surface area contributed by atoms with Crippen molar-refractivity contribution in [2.75, 3.05) is 18.4 Å². The van der Waals surface area contributed by atoms with Crippen LogP contribution >= 0.6 is 58.0 Å². The third-order valence-corrected chi connectivity index (χ3v) is 18.4. The molecule has 0 fully saturated rings. The van der Waals surface area contributed by atoms with E-state index >= 15 is 0 Å². The zero-order valence-electron chi connectivity index (χ0n) is 60.4. The summed E-state index contributed by atoms with van der Waals surface area (Å²) in [5.41, 5.74) is 8.06. The van der Waals surface area contributed by atoms with E-state index in [9.17, 15) is 47.8 Å². The Bertz CT molecular complexity index is 5160. The van der Waals surface area contributed by atoms with E-state index in [4.69, 9.17) is 71.9 Å². The number of alkyl halides is 2. The number of ether oxygens (including phenoxy) is 2. The topological polar surface area (TPSA) is 294 Å². The van der Waals surface area contributed by atoms with Crippen LogP contribution < -0.4 is 53.1 Å². The van der Waals surface area contributed by atoms with Crippen LogP contribution in [0.5, 0.6) is 23.0 Å². The third-order valence-electron chi connectivity index (χ3n) is 17.1. The first-order chi connectivity index (χ1) is 50.0. The molecule has 568 valence electrons. The summed E-state index contributed by atoms with van der Waals surface area (Å²) in [6.45, 7) is 24.7. The first-order valence-corrected chi connectivity index (χ1v) is 35.4. The number of hydrogen-bond donors (Lipinski definition) is 5. The van der Waals surface area contributed by atoms with Crippen molar-refractivity contribution in [1.82, 2.24) is 43.9 Å². The predicted molar refractivity (Wildman–Crippen MR) is 418 cm³/mol. The third kappa shape index (κ3) is 22.3. The van der Waals surface area contributed by atoms with Crippen molar-refractivity contribution in [2.45, 2.75) is 147 Å². The summed E-state index contributed by atoms with van der Waals surface area (Å²) in [6, 6.07) is 17.3. The van der Waals surface area contributed by atoms with Crippen LogP contribution in [-0.4, -0.2) is 83.8 Å². The molecular weight excluding hydrogens is 1480 g/mol. The van der Waals surface area contributed by atoms with E-state index in [0.29, 0.717) is 70.6 Å². The quantitative estimate of drug-likeness (QED) is 0.0431. The number of aromatic nitrogens is 7. The predicted octanol–water partition coefficient (Wildman–Crippen LogP) is 14.6. The fraction of sp³-hybridized carbons (Fsp3) is 0.338. The number of pyridine rings is 7. The maximum atomic E-state index is 13.9. The van der Waals surface area contributed by atoms with Gasteiger partial charge in [-0.1, -0.05) is 79.3 Å². The van der Waals surface area contributed by atoms with Gasteiger partial charge in [-0.15, -0.1) is 0 Å². The average Bonchev–Trinajstić information content (AvgIpc) is 0.815. The van der Waals surface area contributed by atoms with E-state index in [2.05, 4.69) is 40.9 Å². The highest BCUT2D eigenvalue weighted by atomic mass is 35.5. The Kier molecular flexibility index (Phi) is 29.6. The first-order valence-electron chi connectivity index (χ1n) is 33.4. The average molecular weight is 1570 g/mol. The van der Waals surface area contributed by atoms with Gasteiger partial charge in [0.1, 0.15) is 103 Å². The molecule has 23 nitrogen and oxygen atoms in total. The van der Waals surface area contributed by atoms with Crippen molar-refractivity contribution < 1.29 is 37.7 Å². The maximum absolute atomic E-state index is 13.9. The number of hydrogen-bond acceptors (Lipinski definition) is 18. The van der Waals surface area contributed by atoms with E-state index in [1.165, 1.54) is 48.5 Å². The summed E-state index contributed by atoms with van der Waals surface area (Å²) in [5.74, 6) is 0.320. The van der Waals surface area contributed by atoms with Gasteiger partial charge in [0, 0.05) is 133 Å². The Balaban J connectivity index is 0.000000188. The monoisotopic (exact) mass is 1570 g/mol. The summed E-state index contributed by atoms with van der Waals surface area (Å²) in [6.07, 6.45) is 13.0. The lowest BCUT2D eigenvalue weighted by Crippen LogP contribution is -2.35. The number of nitrogens with one attached hydrogen (secondary N) is 3. The number of rotatable bonds is 12. The number of allylic oxidation sites excluding steroid dienone is 4. The van der Waals surface area contributed by atoms with Crippen molar-refractivity contribution in [1.29, 1.82) is 0 Å². The minimum absolute atomic E-state index is 0. The van der Waals surface area contributed by atoms with Crippen LogP contribution in [0, 0.1) is 85.8 Å². The van der Waals surface area contributed by atoms with E-state index in [0.717, 1.165) is 50.6 Å². The van der Waals surface area contributed by atoms with E-state index in [1.807, 2.05) is 53.9 Å². The van der Waals surface area contributed by atoms with Crippen molar-refractivity contribution in [3.63, 3.8) is 0 Å². The van der Waals surface area contributed by atoms with Crippen molar-refractivity contribution in [3.8, 4) is 23.0 Å². The SMILES string of the molecule is C.CC1=CN[C@@H](Cl)C[C@H]1n1c(C)cc(O)cc1=O.CC1=CN[C@@H](Cl)C[C@H]1n1c(C)cc(OCc2ncc(C)cc2F)cc1=O.Cc1cc(=O)c(C(=O)Nc2cc(Cl)ncc2C)c(C)o1.Cc1cc(O)cc(=O)n1C1=CC(Cl)=NC[C@@H]1C.Cc1cnc(COc2cc(C)n(C3=CC(Cl)=NC[C@@H]3C)c(=O)c2)c(F)c1. The van der Waals surface area contributed by atoms with Gasteiger partial charge in [0.2, 0.25) is 0 Å². The minimum Gasteiger partial charge on any atom is -0.508 e. The fourth-order valence-corrected chi connectivity index (χ4v) is 12.8. The number of halogens is 7. The Morgan fingerprint density at radius 2 is 1.01 bits per heavy atom. The van der Waals surface area contributed by atoms with E-state index < -0.39 is 17.5 Å². The Morgan fingerprint density at radius 1 is 0.579 bits per heavy atom. The highest BCUT2D eigenvalue weighted by Crippen LogP contribution is 2.32. The van der Waals surface area contributed by atoms with Crippen LogP contribution in [0.2, 0.25) is 5.15 Å². The highest BCUT2D eigenvalue weighted by Gasteiger charge is 2.27. The van der Waals surface area contributed by atoms with Gasteiger partial charge in [-0.2, -0.15) is 0 Å². The Morgan fingerprint density at radius 3 is 1.46 bits per heavy atom. The zero-order valence-corrected chi connectivity index (χ0v) is 64.2. The summed E-state index contributed by atoms with van der Waals surface area (Å²) in [5, 5.41) is 28.5. The van der Waals surface area contributed by atoms with Crippen LogP contribution in [0.3, 0.4) is 0 Å². The second-order valence-corrected chi connectivity index (χ2v) is 28.1. The van der Waals surface area contributed by atoms with Gasteiger partial charge in [-0.3, -0.25) is 57.9 Å². The lowest BCUT2D eigenvalue weighted by atomic mass is 10.0. The number of carbonyl (C=O) groups excluding carboxylic acids is 1. The lowest BCUT2D eigenvalue weighted by Gasteiger charge is -2.29. The second-order valence-electron chi connectivity index (χ2n) is 25.8. The molecule has 8 aromatic heterocycles. The minimum atomic E-state index is -0.526. The zero-order chi connectivity index (χ0) is 77.7. The summed E-state index contributed by atoms with van der Waals surface area (Å²) in [7, 11) is 0. The highest BCUT2D eigenvalue weighted by molar-refractivity contribution is 6.69. The standard InChI is InChI=1S/C19H21ClFN3O2.C19H19ClFN3O2.C14H13ClN2O3.C12H15ClN2O2.C12H13ClN2O2.CH4/c2*1-11-4-15(21)16(22-8-11)10-26-14-5-13(3)24(19(25)6-14)17-7-18(20)23-9-12(17)2;1-7-6-16-12(15)5-10(7)17-14(19)13-9(3)20-8(2)4-11(13)18;2*1-7-6-14-11(13)5-10(7)15-8(2)3-9(16)4-12(15)17;/h4-6,8-9,17-18,23H,7,10H2,1-3H3;4-8,12H,9-10H2,1-3H3;4-6H,1-3H3,(H,16,17,19);3-4,6,10-11,14,16H,5H2,1-2H3;3-5,7,16H,6H2,1-2H3;1H4/t17-,18-;12-;;10-,11-;7-;/m10.10./s1. The molecular formula is C77H85Cl5F2N12O11. The smallest absolute Gasteiger partial charge is 0.263 e. The number of aromatic hydroxyl groups is 2. The van der Waals surface area contributed by atoms with Gasteiger partial charge >= 0.3 is 0 Å². The molecule has 4 aliphatic rings. The molecule has 6 atom stereocenters. The summed E-state index contributed by atoms with van der Waals surface area (Å²) in [4.78, 5) is 93.4. The Labute approximate surface area is 642 Å². The lowest BCUT2D eigenvalue weighted by molar-refractivity contribution is 0.102. The molecule has 0 unspecified atom stereocenters. The molecule has 0 spiro atoms. The van der Waals surface area contributed by atoms with Gasteiger partial charge in [0.15, 0.2) is 5.43 Å². The number of anilines is 1. The summed E-state index contributed by atoms with van der Waals surface area (Å²) < 4.78 is 50.7. The van der Waals surface area contributed by atoms with Crippen LogP contribution in [0.15, 0.2) is 165 Å². The summed E-state index contributed by atoms with van der Waals surface area (Å²) >= 11 is 29.9. The molecule has 0 aromatic carbocycles. The van der Waals surface area contributed by atoms with Crippen molar-refractivity contribution >= 4 is 91.3 Å². The molecule has 30 heteroatoms. The molecule has 12 rings (SSSR count). The van der Waals surface area contributed by atoms with Crippen LogP contribution in [0.25, 0.3) is 11.4 Å². The largest absolute Gasteiger partial charge is 0.508 e. The van der Waals surface area contributed by atoms with Crippen LogP contribution in [0.4, 0.5) is 14.5 Å². The normalized spacial score (nSPS) is 17.8. The second kappa shape index (κ2) is 37.6. The first kappa shape index (κ1) is 84.3. The molecule has 107 heavy (non-hydrogen) atoms. The molecule has 0 saturated heterocycles. The Hall–Kier alpha value is -9.92. The maximum Gasteiger partial charge on any atom is 0.263 e. The molecule has 0 aliphatic carbocycles. The molecule has 0 saturated carbocycles. The van der Waals surface area contributed by atoms with Crippen LogP contribution in [-0.2, 0) is 13.2 Å². The number of aryl methyl sites for hydroxylation is 9. The van der Waals surface area contributed by atoms with Gasteiger partial charge in [-0.05, 0) is 165 Å². The number of dihydropyridines is 2. The fourth-order valence-electron chi connectivity index (χ4n) is 11.8. The van der Waals surface area contributed by atoms with Crippen molar-refractivity contribution in [2.24, 2.45) is 21.8 Å². The van der Waals surface area contributed by atoms with E-state index in [1.54, 1.807) is 122 Å². The molecule has 8 aromatic rings. The molecule has 1 amide bonds. The number of nitrogens with zero attached hydrogens (tertiary/aromatic N) is 9. The van der Waals surface area contributed by atoms with E-state index in [-0.39, 0.29) is 123 Å². The molecule has 12 heterocycles. The molecule has 5 N–H and O–H groups in total. The molecule has 0 radical (unpaired) electrons. The number of carbonyl (C=O) groups is 1. The van der Waals surface area contributed by atoms with Gasteiger partial charge in [0.25, 0.3) is 28.1 Å². The van der Waals surface area contributed by atoms with Gasteiger partial charge in [0.05, 0.1) is 12.1 Å². The van der Waals surface area contributed by atoms with Crippen LogP contribution in [0.1, 0.15) is 133 Å². The number of aliphatic imine (C=N–C) groups is 2. The number of amides is 1. The van der Waals surface area contributed by atoms with Gasteiger partial charge in [-0.25, -0.2) is 13.8 Å². The van der Waals surface area contributed by atoms with Gasteiger partial charge < -0.3 is 49.2 Å².